The van der Waals surface area contributed by atoms with Crippen LogP contribution in [0.4, 0.5) is 11.4 Å². The van der Waals surface area contributed by atoms with Crippen molar-refractivity contribution in [3.63, 3.8) is 0 Å². The molecule has 1 N–H and O–H groups in total. The van der Waals surface area contributed by atoms with Gasteiger partial charge in [-0.1, -0.05) is 57.2 Å². The Bertz CT molecular complexity index is 784. The van der Waals surface area contributed by atoms with Crippen LogP contribution in [0, 0.1) is 5.92 Å². The van der Waals surface area contributed by atoms with Crippen LogP contribution < -0.4 is 10.2 Å². The molecule has 0 aromatic heterocycles. The molecule has 0 atom stereocenters. The van der Waals surface area contributed by atoms with Gasteiger partial charge in [-0.05, 0) is 54.0 Å². The average Bonchev–Trinajstić information content (AvgIpc) is 2.68. The number of anilines is 2. The molecule has 3 nitrogen and oxygen atoms in total. The van der Waals surface area contributed by atoms with E-state index in [1.807, 2.05) is 24.3 Å². The Balaban J connectivity index is 1.65. The Morgan fingerprint density at radius 1 is 1.07 bits per heavy atom. The maximum atomic E-state index is 12.4. The Labute approximate surface area is 163 Å². The number of hydrogen-bond donors (Lipinski definition) is 1. The predicted molar refractivity (Wildman–Crippen MR) is 115 cm³/mol. The molecule has 0 saturated carbocycles. The molecular weight excluding hydrogens is 332 g/mol. The van der Waals surface area contributed by atoms with Crippen molar-refractivity contribution in [1.82, 2.24) is 0 Å². The maximum absolute atomic E-state index is 12.4. The van der Waals surface area contributed by atoms with Gasteiger partial charge in [-0.3, -0.25) is 4.79 Å². The zero-order valence-corrected chi connectivity index (χ0v) is 16.6. The summed E-state index contributed by atoms with van der Waals surface area (Å²) in [7, 11) is 0. The number of para-hydroxylation sites is 2. The first-order valence-electron chi connectivity index (χ1n) is 9.96. The van der Waals surface area contributed by atoms with Gasteiger partial charge in [0.25, 0.3) is 0 Å². The molecule has 3 heteroatoms. The smallest absolute Gasteiger partial charge is 0.248 e. The number of benzene rings is 2. The quantitative estimate of drug-likeness (QED) is 0.692. The van der Waals surface area contributed by atoms with E-state index in [0.717, 1.165) is 35.9 Å². The van der Waals surface area contributed by atoms with Crippen molar-refractivity contribution < 1.29 is 4.79 Å². The summed E-state index contributed by atoms with van der Waals surface area (Å²) in [5, 5.41) is 3.05. The summed E-state index contributed by atoms with van der Waals surface area (Å²) in [4.78, 5) is 14.8. The second-order valence-corrected chi connectivity index (χ2v) is 7.83. The van der Waals surface area contributed by atoms with Gasteiger partial charge in [0.2, 0.25) is 5.91 Å². The minimum absolute atomic E-state index is 0.0965. The number of carbonyl (C=O) groups is 1. The summed E-state index contributed by atoms with van der Waals surface area (Å²) in [6.45, 7) is 8.76. The summed E-state index contributed by atoms with van der Waals surface area (Å²) in [6.07, 6.45) is 5.88. The van der Waals surface area contributed by atoms with Crippen molar-refractivity contribution in [2.45, 2.75) is 39.5 Å². The second-order valence-electron chi connectivity index (χ2n) is 7.83. The van der Waals surface area contributed by atoms with E-state index < -0.39 is 0 Å². The largest absolute Gasteiger partial charge is 0.370 e. The standard InChI is InChI=1S/C24H30N2O/c1-18(2)21-11-8-20(9-12-21)10-13-24(27)25-22-6-4-5-7-23(22)26-16-14-19(3)15-17-26/h4-13,18-19H,14-17H2,1-3H3,(H,25,27). The summed E-state index contributed by atoms with van der Waals surface area (Å²) in [5.41, 5.74) is 4.35. The minimum Gasteiger partial charge on any atom is -0.370 e. The van der Waals surface area contributed by atoms with Crippen molar-refractivity contribution in [3.8, 4) is 0 Å². The van der Waals surface area contributed by atoms with Crippen LogP contribution in [0.25, 0.3) is 6.08 Å². The lowest BCUT2D eigenvalue weighted by molar-refractivity contribution is -0.111. The molecule has 2 aromatic carbocycles. The molecule has 27 heavy (non-hydrogen) atoms. The highest BCUT2D eigenvalue weighted by Crippen LogP contribution is 2.29. The molecule has 1 aliphatic rings. The normalized spacial score (nSPS) is 15.5. The lowest BCUT2D eigenvalue weighted by Gasteiger charge is -2.33. The van der Waals surface area contributed by atoms with Crippen molar-refractivity contribution in [3.05, 3.63) is 65.7 Å². The molecule has 142 valence electrons. The highest BCUT2D eigenvalue weighted by molar-refractivity contribution is 6.03. The number of piperidine rings is 1. The number of carbonyl (C=O) groups excluding carboxylic acids is 1. The molecule has 0 aliphatic carbocycles. The van der Waals surface area contributed by atoms with E-state index in [0.29, 0.717) is 5.92 Å². The highest BCUT2D eigenvalue weighted by atomic mass is 16.1. The molecule has 1 aliphatic heterocycles. The van der Waals surface area contributed by atoms with Gasteiger partial charge in [0.15, 0.2) is 0 Å². The Morgan fingerprint density at radius 3 is 2.41 bits per heavy atom. The minimum atomic E-state index is -0.0965. The number of rotatable bonds is 5. The third kappa shape index (κ3) is 5.22. The van der Waals surface area contributed by atoms with E-state index in [-0.39, 0.29) is 5.91 Å². The third-order valence-corrected chi connectivity index (χ3v) is 5.32. The Morgan fingerprint density at radius 2 is 1.74 bits per heavy atom. The second kappa shape index (κ2) is 8.90. The maximum Gasteiger partial charge on any atom is 0.248 e. The van der Waals surface area contributed by atoms with Crippen LogP contribution in [0.15, 0.2) is 54.6 Å². The highest BCUT2D eigenvalue weighted by Gasteiger charge is 2.18. The van der Waals surface area contributed by atoms with Gasteiger partial charge in [-0.15, -0.1) is 0 Å². The molecule has 1 heterocycles. The first-order valence-corrected chi connectivity index (χ1v) is 9.96. The molecule has 0 radical (unpaired) electrons. The summed E-state index contributed by atoms with van der Waals surface area (Å²) >= 11 is 0. The predicted octanol–water partition coefficient (Wildman–Crippen LogP) is 5.70. The summed E-state index contributed by atoms with van der Waals surface area (Å²) in [5.74, 6) is 1.20. The van der Waals surface area contributed by atoms with E-state index in [2.05, 4.69) is 61.3 Å². The number of hydrogen-bond acceptors (Lipinski definition) is 2. The Hall–Kier alpha value is -2.55. The SMILES string of the molecule is CC1CCN(c2ccccc2NC(=O)C=Cc2ccc(C(C)C)cc2)CC1. The average molecular weight is 363 g/mol. The topological polar surface area (TPSA) is 32.3 Å². The lowest BCUT2D eigenvalue weighted by Crippen LogP contribution is -2.33. The molecule has 1 fully saturated rings. The zero-order valence-electron chi connectivity index (χ0n) is 16.6. The van der Waals surface area contributed by atoms with Gasteiger partial charge in [0.1, 0.15) is 0 Å². The van der Waals surface area contributed by atoms with Crippen LogP contribution in [0.5, 0.6) is 0 Å². The van der Waals surface area contributed by atoms with Crippen molar-refractivity contribution in [1.29, 1.82) is 0 Å². The molecule has 3 rings (SSSR count). The lowest BCUT2D eigenvalue weighted by atomic mass is 9.98. The van der Waals surface area contributed by atoms with Crippen molar-refractivity contribution in [2.24, 2.45) is 5.92 Å². The van der Waals surface area contributed by atoms with E-state index in [9.17, 15) is 4.79 Å². The van der Waals surface area contributed by atoms with Crippen LogP contribution >= 0.6 is 0 Å². The van der Waals surface area contributed by atoms with Crippen molar-refractivity contribution in [2.75, 3.05) is 23.3 Å². The summed E-state index contributed by atoms with van der Waals surface area (Å²) in [6, 6.07) is 16.4. The fourth-order valence-corrected chi connectivity index (χ4v) is 3.44. The van der Waals surface area contributed by atoms with Crippen molar-refractivity contribution >= 4 is 23.4 Å². The number of amides is 1. The fourth-order valence-electron chi connectivity index (χ4n) is 3.44. The van der Waals surface area contributed by atoms with Crippen LogP contribution in [0.2, 0.25) is 0 Å². The van der Waals surface area contributed by atoms with E-state index in [1.165, 1.54) is 18.4 Å². The van der Waals surface area contributed by atoms with Crippen LogP contribution in [0.1, 0.15) is 50.7 Å². The van der Waals surface area contributed by atoms with Crippen LogP contribution in [0.3, 0.4) is 0 Å². The molecule has 2 aromatic rings. The van der Waals surface area contributed by atoms with Gasteiger partial charge >= 0.3 is 0 Å². The molecule has 0 unspecified atom stereocenters. The van der Waals surface area contributed by atoms with Crippen LogP contribution in [-0.2, 0) is 4.79 Å². The zero-order chi connectivity index (χ0) is 19.2. The molecule has 0 bridgehead atoms. The first-order chi connectivity index (χ1) is 13.0. The first kappa shape index (κ1) is 19.2. The van der Waals surface area contributed by atoms with Crippen LogP contribution in [-0.4, -0.2) is 19.0 Å². The van der Waals surface area contributed by atoms with Gasteiger partial charge in [0.05, 0.1) is 11.4 Å². The van der Waals surface area contributed by atoms with Gasteiger partial charge in [-0.25, -0.2) is 0 Å². The fraction of sp³-hybridized carbons (Fsp3) is 0.375. The number of nitrogens with one attached hydrogen (secondary N) is 1. The summed E-state index contributed by atoms with van der Waals surface area (Å²) < 4.78 is 0. The Kier molecular flexibility index (Phi) is 6.33. The molecule has 1 saturated heterocycles. The molecular formula is C24H30N2O. The van der Waals surface area contributed by atoms with Gasteiger partial charge in [0, 0.05) is 19.2 Å². The van der Waals surface area contributed by atoms with E-state index >= 15 is 0 Å². The van der Waals surface area contributed by atoms with E-state index in [1.54, 1.807) is 6.08 Å². The monoisotopic (exact) mass is 362 g/mol. The molecule has 1 amide bonds. The number of nitrogens with zero attached hydrogens (tertiary/aromatic N) is 1. The van der Waals surface area contributed by atoms with Gasteiger partial charge in [-0.2, -0.15) is 0 Å². The molecule has 0 spiro atoms. The van der Waals surface area contributed by atoms with E-state index in [4.69, 9.17) is 0 Å². The third-order valence-electron chi connectivity index (χ3n) is 5.32. The van der Waals surface area contributed by atoms with Gasteiger partial charge < -0.3 is 10.2 Å².